The summed E-state index contributed by atoms with van der Waals surface area (Å²) >= 11 is 0. The van der Waals surface area contributed by atoms with E-state index < -0.39 is 15.7 Å². The van der Waals surface area contributed by atoms with E-state index in [0.29, 0.717) is 16.8 Å². The van der Waals surface area contributed by atoms with Gasteiger partial charge in [0.2, 0.25) is 0 Å². The van der Waals surface area contributed by atoms with E-state index in [0.717, 1.165) is 0 Å². The van der Waals surface area contributed by atoms with Crippen molar-refractivity contribution in [3.05, 3.63) is 34.2 Å². The van der Waals surface area contributed by atoms with Crippen molar-refractivity contribution >= 4 is 10.1 Å². The Hall–Kier alpha value is -2.06. The SMILES string of the molecule is COc1cc(-c2[nH]oc(=O)c2C)ccc1S(=O)(=O)O. The molecule has 0 aliphatic heterocycles. The number of benzene rings is 1. The summed E-state index contributed by atoms with van der Waals surface area (Å²) in [6.45, 7) is 1.57. The van der Waals surface area contributed by atoms with E-state index in [2.05, 4.69) is 9.68 Å². The maximum Gasteiger partial charge on any atom is 0.360 e. The molecular formula is C11H11NO6S. The van der Waals surface area contributed by atoms with Gasteiger partial charge in [-0.15, -0.1) is 0 Å². The maximum absolute atomic E-state index is 11.2. The Kier molecular flexibility index (Phi) is 3.21. The predicted molar refractivity (Wildman–Crippen MR) is 65.9 cm³/mol. The predicted octanol–water partition coefficient (Wildman–Crippen LogP) is 1.20. The number of H-pyrrole nitrogens is 1. The first kappa shape index (κ1) is 13.4. The summed E-state index contributed by atoms with van der Waals surface area (Å²) in [5.41, 5.74) is 0.785. The second-order valence-corrected chi connectivity index (χ2v) is 5.22. The highest BCUT2D eigenvalue weighted by atomic mass is 32.2. The first-order valence-corrected chi connectivity index (χ1v) is 6.62. The minimum atomic E-state index is -4.37. The van der Waals surface area contributed by atoms with Gasteiger partial charge in [0.1, 0.15) is 10.6 Å². The molecular weight excluding hydrogens is 274 g/mol. The fourth-order valence-electron chi connectivity index (χ4n) is 1.66. The van der Waals surface area contributed by atoms with Crippen molar-refractivity contribution in [2.24, 2.45) is 0 Å². The zero-order valence-corrected chi connectivity index (χ0v) is 10.9. The van der Waals surface area contributed by atoms with Crippen LogP contribution in [0.15, 0.2) is 32.4 Å². The number of methoxy groups -OCH3 is 1. The van der Waals surface area contributed by atoms with Crippen LogP contribution in [0.4, 0.5) is 0 Å². The van der Waals surface area contributed by atoms with Gasteiger partial charge in [-0.1, -0.05) is 6.07 Å². The second kappa shape index (κ2) is 4.56. The summed E-state index contributed by atoms with van der Waals surface area (Å²) in [5, 5.41) is 2.44. The van der Waals surface area contributed by atoms with Gasteiger partial charge in [0.05, 0.1) is 18.4 Å². The van der Waals surface area contributed by atoms with Crippen LogP contribution in [0.1, 0.15) is 5.56 Å². The molecule has 0 unspecified atom stereocenters. The molecule has 0 atom stereocenters. The van der Waals surface area contributed by atoms with Crippen LogP contribution in [-0.4, -0.2) is 25.2 Å². The molecule has 2 aromatic rings. The molecule has 1 heterocycles. The zero-order chi connectivity index (χ0) is 14.2. The normalized spacial score (nSPS) is 11.5. The lowest BCUT2D eigenvalue weighted by molar-refractivity contribution is 0.392. The molecule has 0 radical (unpaired) electrons. The highest BCUT2D eigenvalue weighted by Gasteiger charge is 2.18. The monoisotopic (exact) mass is 285 g/mol. The quantitative estimate of drug-likeness (QED) is 0.820. The highest BCUT2D eigenvalue weighted by Crippen LogP contribution is 2.29. The third-order valence-corrected chi connectivity index (χ3v) is 3.55. The van der Waals surface area contributed by atoms with E-state index in [1.165, 1.54) is 25.3 Å². The lowest BCUT2D eigenvalue weighted by Gasteiger charge is -2.07. The fourth-order valence-corrected chi connectivity index (χ4v) is 2.30. The van der Waals surface area contributed by atoms with E-state index in [1.54, 1.807) is 6.92 Å². The van der Waals surface area contributed by atoms with Crippen LogP contribution in [0, 0.1) is 6.92 Å². The van der Waals surface area contributed by atoms with Gasteiger partial charge in [0.15, 0.2) is 0 Å². The van der Waals surface area contributed by atoms with Crippen LogP contribution in [-0.2, 0) is 10.1 Å². The fraction of sp³-hybridized carbons (Fsp3) is 0.182. The summed E-state index contributed by atoms with van der Waals surface area (Å²) in [5.74, 6) is -0.0264. The molecule has 2 N–H and O–H groups in total. The van der Waals surface area contributed by atoms with E-state index in [1.807, 2.05) is 0 Å². The number of hydrogen-bond acceptors (Lipinski definition) is 5. The van der Waals surface area contributed by atoms with Crippen LogP contribution >= 0.6 is 0 Å². The topological polar surface area (TPSA) is 110 Å². The van der Waals surface area contributed by atoms with Gasteiger partial charge >= 0.3 is 5.63 Å². The molecule has 1 aromatic heterocycles. The van der Waals surface area contributed by atoms with E-state index in [4.69, 9.17) is 9.29 Å². The summed E-state index contributed by atoms with van der Waals surface area (Å²) in [4.78, 5) is 10.9. The van der Waals surface area contributed by atoms with Gasteiger partial charge in [-0.3, -0.25) is 4.55 Å². The Bertz CT molecular complexity index is 771. The van der Waals surface area contributed by atoms with E-state index in [-0.39, 0.29) is 10.6 Å². The molecule has 0 aliphatic carbocycles. The number of rotatable bonds is 3. The van der Waals surface area contributed by atoms with E-state index in [9.17, 15) is 13.2 Å². The third kappa shape index (κ3) is 2.40. The van der Waals surface area contributed by atoms with Gasteiger partial charge in [0, 0.05) is 5.56 Å². The van der Waals surface area contributed by atoms with Gasteiger partial charge in [-0.2, -0.15) is 8.42 Å². The molecule has 102 valence electrons. The van der Waals surface area contributed by atoms with Crippen molar-refractivity contribution in [1.29, 1.82) is 0 Å². The highest BCUT2D eigenvalue weighted by molar-refractivity contribution is 7.86. The molecule has 0 spiro atoms. The maximum atomic E-state index is 11.2. The van der Waals surface area contributed by atoms with Crippen molar-refractivity contribution in [2.75, 3.05) is 7.11 Å². The molecule has 2 rings (SSSR count). The van der Waals surface area contributed by atoms with Gasteiger partial charge in [-0.05, 0) is 19.1 Å². The zero-order valence-electron chi connectivity index (χ0n) is 10.1. The molecule has 0 saturated heterocycles. The largest absolute Gasteiger partial charge is 0.495 e. The minimum absolute atomic E-state index is 0.0264. The number of aromatic nitrogens is 1. The van der Waals surface area contributed by atoms with Crippen LogP contribution in [0.25, 0.3) is 11.3 Å². The minimum Gasteiger partial charge on any atom is -0.495 e. The average Bonchev–Trinajstić information content (AvgIpc) is 2.68. The van der Waals surface area contributed by atoms with Gasteiger partial charge < -0.3 is 9.26 Å². The molecule has 8 heteroatoms. The Morgan fingerprint density at radius 3 is 2.53 bits per heavy atom. The summed E-state index contributed by atoms with van der Waals surface area (Å²) in [6.07, 6.45) is 0. The summed E-state index contributed by atoms with van der Waals surface area (Å²) in [7, 11) is -3.09. The van der Waals surface area contributed by atoms with Crippen LogP contribution in [0.2, 0.25) is 0 Å². The third-order valence-electron chi connectivity index (χ3n) is 2.66. The van der Waals surface area contributed by atoms with Crippen LogP contribution < -0.4 is 10.4 Å². The smallest absolute Gasteiger partial charge is 0.360 e. The summed E-state index contributed by atoms with van der Waals surface area (Å²) < 4.78 is 40.8. The van der Waals surface area contributed by atoms with Crippen molar-refractivity contribution in [3.8, 4) is 17.0 Å². The van der Waals surface area contributed by atoms with Crippen molar-refractivity contribution in [1.82, 2.24) is 5.16 Å². The van der Waals surface area contributed by atoms with Crippen LogP contribution in [0.5, 0.6) is 5.75 Å². The summed E-state index contributed by atoms with van der Waals surface area (Å²) in [6, 6.07) is 4.00. The van der Waals surface area contributed by atoms with Crippen molar-refractivity contribution in [3.63, 3.8) is 0 Å². The lowest BCUT2D eigenvalue weighted by atomic mass is 10.1. The van der Waals surface area contributed by atoms with Crippen LogP contribution in [0.3, 0.4) is 0 Å². The molecule has 0 fully saturated rings. The standard InChI is InChI=1S/C11H11NO6S/c1-6-10(12-18-11(6)13)7-3-4-9(19(14,15)16)8(5-7)17-2/h3-5,12H,1-2H3,(H,14,15,16). The average molecular weight is 285 g/mol. The van der Waals surface area contributed by atoms with Crippen molar-refractivity contribution < 1.29 is 22.2 Å². The number of ether oxygens (including phenoxy) is 1. The first-order valence-electron chi connectivity index (χ1n) is 5.18. The Morgan fingerprint density at radius 2 is 2.05 bits per heavy atom. The van der Waals surface area contributed by atoms with E-state index >= 15 is 0 Å². The van der Waals surface area contributed by atoms with Gasteiger partial charge in [-0.25, -0.2) is 9.95 Å². The Balaban J connectivity index is 2.64. The molecule has 1 aromatic carbocycles. The number of nitrogens with one attached hydrogen (secondary N) is 1. The Morgan fingerprint density at radius 1 is 1.37 bits per heavy atom. The second-order valence-electron chi connectivity index (χ2n) is 3.83. The molecule has 7 nitrogen and oxygen atoms in total. The molecule has 0 saturated carbocycles. The van der Waals surface area contributed by atoms with Gasteiger partial charge in [0.25, 0.3) is 10.1 Å². The molecule has 0 amide bonds. The molecule has 0 aliphatic rings. The molecule has 19 heavy (non-hydrogen) atoms. The Labute approximate surface area is 108 Å². The van der Waals surface area contributed by atoms with Crippen molar-refractivity contribution in [2.45, 2.75) is 11.8 Å². The number of aromatic amines is 1. The lowest BCUT2D eigenvalue weighted by Crippen LogP contribution is -2.02. The first-order chi connectivity index (χ1) is 8.84. The number of hydrogen-bond donors (Lipinski definition) is 2. The molecule has 0 bridgehead atoms.